The van der Waals surface area contributed by atoms with Crippen LogP contribution < -0.4 is 5.32 Å². The highest BCUT2D eigenvalue weighted by molar-refractivity contribution is 5.76. The Morgan fingerprint density at radius 2 is 0.850 bits per heavy atom. The largest absolute Gasteiger partial charge is 0.394 e. The van der Waals surface area contributed by atoms with Crippen molar-refractivity contribution in [3.05, 3.63) is 0 Å². The fraction of sp³-hybridized carbons (Fsp3) is 0.971. The van der Waals surface area contributed by atoms with Crippen molar-refractivity contribution in [2.24, 2.45) is 0 Å². The van der Waals surface area contributed by atoms with E-state index in [2.05, 4.69) is 19.2 Å². The Balaban J connectivity index is 3.64. The van der Waals surface area contributed by atoms with E-state index in [1.54, 1.807) is 0 Å². The Morgan fingerprint density at radius 3 is 1.20 bits per heavy atom. The van der Waals surface area contributed by atoms with Gasteiger partial charge in [-0.05, 0) is 12.8 Å². The molecular formula is C35H71NO4. The van der Waals surface area contributed by atoms with Gasteiger partial charge >= 0.3 is 0 Å². The van der Waals surface area contributed by atoms with Crippen molar-refractivity contribution < 1.29 is 20.1 Å². The monoisotopic (exact) mass is 570 g/mol. The van der Waals surface area contributed by atoms with Crippen LogP contribution in [-0.2, 0) is 4.79 Å². The van der Waals surface area contributed by atoms with Gasteiger partial charge in [0.15, 0.2) is 0 Å². The zero-order chi connectivity index (χ0) is 29.5. The van der Waals surface area contributed by atoms with Crippen molar-refractivity contribution >= 4 is 5.91 Å². The Hall–Kier alpha value is -0.650. The van der Waals surface area contributed by atoms with Crippen molar-refractivity contribution in [1.82, 2.24) is 5.32 Å². The summed E-state index contributed by atoms with van der Waals surface area (Å²) in [6, 6.07) is -0.649. The van der Waals surface area contributed by atoms with Crippen LogP contribution in [0.5, 0.6) is 0 Å². The molecule has 0 spiro atoms. The molecule has 0 saturated heterocycles. The van der Waals surface area contributed by atoms with Crippen LogP contribution in [0, 0.1) is 0 Å². The van der Waals surface area contributed by atoms with Gasteiger partial charge in [-0.15, -0.1) is 0 Å². The molecule has 0 rings (SSSR count). The summed E-state index contributed by atoms with van der Waals surface area (Å²) in [4.78, 5) is 12.3. The molecule has 0 saturated carbocycles. The summed E-state index contributed by atoms with van der Waals surface area (Å²) in [5.41, 5.74) is 0. The van der Waals surface area contributed by atoms with E-state index in [1.807, 2.05) is 0 Å². The quantitative estimate of drug-likeness (QED) is 0.0608. The van der Waals surface area contributed by atoms with Crippen molar-refractivity contribution in [2.75, 3.05) is 6.61 Å². The normalized spacial score (nSPS) is 13.8. The van der Waals surface area contributed by atoms with E-state index < -0.39 is 18.2 Å². The maximum absolute atomic E-state index is 12.3. The third-order valence-corrected chi connectivity index (χ3v) is 8.42. The second-order valence-corrected chi connectivity index (χ2v) is 12.5. The first-order valence-electron chi connectivity index (χ1n) is 17.8. The molecule has 0 aromatic carbocycles. The van der Waals surface area contributed by atoms with Gasteiger partial charge in [-0.2, -0.15) is 0 Å². The second-order valence-electron chi connectivity index (χ2n) is 12.5. The number of aliphatic hydroxyl groups is 3. The van der Waals surface area contributed by atoms with Crippen LogP contribution >= 0.6 is 0 Å². The minimum atomic E-state index is -0.741. The molecule has 0 aliphatic heterocycles. The Bertz CT molecular complexity index is 516. The van der Waals surface area contributed by atoms with Gasteiger partial charge in [-0.3, -0.25) is 4.79 Å². The third kappa shape index (κ3) is 27.5. The summed E-state index contributed by atoms with van der Waals surface area (Å²) in [5, 5.41) is 33.1. The molecule has 0 aliphatic rings. The van der Waals surface area contributed by atoms with E-state index in [0.29, 0.717) is 12.8 Å². The van der Waals surface area contributed by atoms with Crippen LogP contribution in [-0.4, -0.2) is 46.1 Å². The van der Waals surface area contributed by atoms with Crippen LogP contribution in [0.2, 0.25) is 0 Å². The lowest BCUT2D eigenvalue weighted by Gasteiger charge is -2.23. The summed E-state index contributed by atoms with van der Waals surface area (Å²) < 4.78 is 0. The zero-order valence-electron chi connectivity index (χ0n) is 27.0. The molecule has 0 aromatic heterocycles. The topological polar surface area (TPSA) is 89.8 Å². The van der Waals surface area contributed by atoms with Gasteiger partial charge in [0, 0.05) is 0 Å². The van der Waals surface area contributed by atoms with E-state index in [-0.39, 0.29) is 18.9 Å². The predicted octanol–water partition coefficient (Wildman–Crippen LogP) is 9.15. The number of nitrogens with one attached hydrogen (secondary N) is 1. The molecule has 40 heavy (non-hydrogen) atoms. The van der Waals surface area contributed by atoms with Gasteiger partial charge in [0.25, 0.3) is 0 Å². The number of amides is 1. The molecule has 0 heterocycles. The molecule has 0 bridgehead atoms. The summed E-state index contributed by atoms with van der Waals surface area (Å²) in [7, 11) is 0. The Labute approximate surface area is 249 Å². The highest BCUT2D eigenvalue weighted by atomic mass is 16.3. The average Bonchev–Trinajstić information content (AvgIpc) is 2.94. The molecule has 4 N–H and O–H groups in total. The van der Waals surface area contributed by atoms with Crippen molar-refractivity contribution in [2.45, 2.75) is 212 Å². The molecule has 3 unspecified atom stereocenters. The number of aliphatic hydroxyl groups excluding tert-OH is 3. The van der Waals surface area contributed by atoms with Crippen molar-refractivity contribution in [1.29, 1.82) is 0 Å². The van der Waals surface area contributed by atoms with Gasteiger partial charge in [-0.1, -0.05) is 174 Å². The summed E-state index contributed by atoms with van der Waals surface area (Å²) in [6.45, 7) is 4.23. The zero-order valence-corrected chi connectivity index (χ0v) is 27.0. The third-order valence-electron chi connectivity index (χ3n) is 8.42. The van der Waals surface area contributed by atoms with E-state index in [4.69, 9.17) is 0 Å². The lowest BCUT2D eigenvalue weighted by Crippen LogP contribution is -2.46. The number of rotatable bonds is 32. The lowest BCUT2D eigenvalue weighted by molar-refractivity contribution is -0.125. The Kier molecular flexibility index (Phi) is 30.8. The second kappa shape index (κ2) is 31.3. The van der Waals surface area contributed by atoms with Crippen LogP contribution in [0.15, 0.2) is 0 Å². The fourth-order valence-corrected chi connectivity index (χ4v) is 5.64. The molecule has 0 fully saturated rings. The van der Waals surface area contributed by atoms with Crippen LogP contribution in [0.1, 0.15) is 194 Å². The minimum Gasteiger partial charge on any atom is -0.394 e. The number of carbonyl (C=O) groups excluding carboxylic acids is 1. The molecule has 0 radical (unpaired) electrons. The van der Waals surface area contributed by atoms with E-state index >= 15 is 0 Å². The highest BCUT2D eigenvalue weighted by Gasteiger charge is 2.21. The van der Waals surface area contributed by atoms with Gasteiger partial charge in [-0.25, -0.2) is 0 Å². The van der Waals surface area contributed by atoms with E-state index in [9.17, 15) is 20.1 Å². The molecule has 3 atom stereocenters. The standard InChI is InChI=1S/C35H71NO4/c1-3-5-7-9-11-13-14-15-16-17-18-19-21-23-25-27-29-34(39)33(31-37)36-35(40)30-32(38)28-26-24-22-20-12-10-8-6-4-2/h32-34,37-39H,3-31H2,1-2H3,(H,36,40). The van der Waals surface area contributed by atoms with Crippen molar-refractivity contribution in [3.63, 3.8) is 0 Å². The van der Waals surface area contributed by atoms with Gasteiger partial charge < -0.3 is 20.6 Å². The SMILES string of the molecule is CCCCCCCCCCCCCCCCCCC(O)C(CO)NC(=O)CC(O)CCCCCCCCCCC. The predicted molar refractivity (Wildman–Crippen MR) is 172 cm³/mol. The maximum Gasteiger partial charge on any atom is 0.222 e. The molecule has 0 aliphatic carbocycles. The van der Waals surface area contributed by atoms with Crippen LogP contribution in [0.3, 0.4) is 0 Å². The number of hydrogen-bond acceptors (Lipinski definition) is 4. The minimum absolute atomic E-state index is 0.0410. The van der Waals surface area contributed by atoms with E-state index in [1.165, 1.54) is 135 Å². The highest BCUT2D eigenvalue weighted by Crippen LogP contribution is 2.16. The first-order valence-corrected chi connectivity index (χ1v) is 17.8. The first-order chi connectivity index (χ1) is 19.5. The van der Waals surface area contributed by atoms with Crippen LogP contribution in [0.4, 0.5) is 0 Å². The van der Waals surface area contributed by atoms with Crippen molar-refractivity contribution in [3.8, 4) is 0 Å². The van der Waals surface area contributed by atoms with Crippen LogP contribution in [0.25, 0.3) is 0 Å². The number of carbonyl (C=O) groups is 1. The summed E-state index contributed by atoms with van der Waals surface area (Å²) in [5.74, 6) is -0.284. The lowest BCUT2D eigenvalue weighted by atomic mass is 10.0. The smallest absolute Gasteiger partial charge is 0.222 e. The Morgan fingerprint density at radius 1 is 0.525 bits per heavy atom. The number of unbranched alkanes of at least 4 members (excludes halogenated alkanes) is 23. The molecule has 1 amide bonds. The first kappa shape index (κ1) is 39.4. The number of hydrogen-bond donors (Lipinski definition) is 4. The van der Waals surface area contributed by atoms with E-state index in [0.717, 1.165) is 25.7 Å². The molecule has 0 aromatic rings. The van der Waals surface area contributed by atoms with Gasteiger partial charge in [0.2, 0.25) is 5.91 Å². The molecule has 240 valence electrons. The van der Waals surface area contributed by atoms with Gasteiger partial charge in [0.05, 0.1) is 31.3 Å². The molecular weight excluding hydrogens is 498 g/mol. The van der Waals surface area contributed by atoms with Gasteiger partial charge in [0.1, 0.15) is 0 Å². The molecule has 5 heteroatoms. The summed E-state index contributed by atoms with van der Waals surface area (Å²) in [6.07, 6.45) is 32.0. The maximum atomic E-state index is 12.3. The fourth-order valence-electron chi connectivity index (χ4n) is 5.64. The summed E-state index contributed by atoms with van der Waals surface area (Å²) >= 11 is 0. The average molecular weight is 570 g/mol. The molecule has 5 nitrogen and oxygen atoms in total.